The number of amides is 2. The molecule has 1 fully saturated rings. The number of ether oxygens (including phenoxy) is 1. The summed E-state index contributed by atoms with van der Waals surface area (Å²) in [5.41, 5.74) is 0. The molecular formula is C13H16N2O4S. The van der Waals surface area contributed by atoms with Crippen LogP contribution in [0.4, 0.5) is 0 Å². The predicted octanol–water partition coefficient (Wildman–Crippen LogP) is 0.642. The third-order valence-electron chi connectivity index (χ3n) is 3.19. The molecule has 1 saturated heterocycles. The van der Waals surface area contributed by atoms with E-state index in [0.29, 0.717) is 17.8 Å². The minimum atomic E-state index is -0.522. The number of nitrogens with one attached hydrogen (secondary N) is 1. The van der Waals surface area contributed by atoms with E-state index in [1.165, 1.54) is 23.3 Å². The molecule has 0 spiro atoms. The molecular weight excluding hydrogens is 280 g/mol. The van der Waals surface area contributed by atoms with Crippen LogP contribution < -0.4 is 5.32 Å². The Morgan fingerprint density at radius 1 is 1.50 bits per heavy atom. The second-order valence-corrected chi connectivity index (χ2v) is 5.38. The molecule has 108 valence electrons. The average molecular weight is 296 g/mol. The van der Waals surface area contributed by atoms with Crippen LogP contribution in [-0.4, -0.2) is 48.9 Å². The lowest BCUT2D eigenvalue weighted by Crippen LogP contribution is -2.45. The zero-order valence-corrected chi connectivity index (χ0v) is 11.9. The molecule has 1 aliphatic heterocycles. The van der Waals surface area contributed by atoms with Crippen molar-refractivity contribution in [2.75, 3.05) is 20.2 Å². The summed E-state index contributed by atoms with van der Waals surface area (Å²) >= 11 is 1.31. The summed E-state index contributed by atoms with van der Waals surface area (Å²) < 4.78 is 4.68. The van der Waals surface area contributed by atoms with Gasteiger partial charge in [-0.2, -0.15) is 0 Å². The molecule has 1 aromatic rings. The highest BCUT2D eigenvalue weighted by Crippen LogP contribution is 2.18. The number of rotatable bonds is 4. The monoisotopic (exact) mass is 296 g/mol. The SMILES string of the molecule is COC(=O)[C@H]1CCCN1C(=O)CNC(=O)c1cccs1. The van der Waals surface area contributed by atoms with Crippen LogP contribution in [0.25, 0.3) is 0 Å². The molecule has 0 aliphatic carbocycles. The van der Waals surface area contributed by atoms with Crippen LogP contribution in [0.1, 0.15) is 22.5 Å². The maximum atomic E-state index is 12.1. The van der Waals surface area contributed by atoms with Crippen LogP contribution in [-0.2, 0) is 14.3 Å². The first-order valence-electron chi connectivity index (χ1n) is 6.32. The summed E-state index contributed by atoms with van der Waals surface area (Å²) in [6, 6.07) is 2.94. The Morgan fingerprint density at radius 3 is 2.95 bits per heavy atom. The fourth-order valence-electron chi connectivity index (χ4n) is 2.20. The van der Waals surface area contributed by atoms with Gasteiger partial charge in [-0.05, 0) is 24.3 Å². The standard InChI is InChI=1S/C13H16N2O4S/c1-19-13(18)9-4-2-6-15(9)11(16)8-14-12(17)10-5-3-7-20-10/h3,5,7,9H,2,4,6,8H2,1H3,(H,14,17)/t9-/m1/s1. The van der Waals surface area contributed by atoms with Crippen LogP contribution in [0.5, 0.6) is 0 Å². The Kier molecular flexibility index (Phi) is 4.73. The van der Waals surface area contributed by atoms with Crippen molar-refractivity contribution >= 4 is 29.1 Å². The van der Waals surface area contributed by atoms with Gasteiger partial charge in [0.25, 0.3) is 5.91 Å². The number of nitrogens with zero attached hydrogens (tertiary/aromatic N) is 1. The highest BCUT2D eigenvalue weighted by atomic mass is 32.1. The van der Waals surface area contributed by atoms with Gasteiger partial charge in [0, 0.05) is 6.54 Å². The van der Waals surface area contributed by atoms with Crippen molar-refractivity contribution < 1.29 is 19.1 Å². The summed E-state index contributed by atoms with van der Waals surface area (Å²) in [6.45, 7) is 0.414. The average Bonchev–Trinajstić information content (AvgIpc) is 3.13. The summed E-state index contributed by atoms with van der Waals surface area (Å²) in [5, 5.41) is 4.36. The molecule has 0 aromatic carbocycles. The Hall–Kier alpha value is -1.89. The molecule has 1 aromatic heterocycles. The Bertz CT molecular complexity index is 500. The van der Waals surface area contributed by atoms with Gasteiger partial charge >= 0.3 is 5.97 Å². The molecule has 6 nitrogen and oxygen atoms in total. The number of methoxy groups -OCH3 is 1. The number of hydrogen-bond acceptors (Lipinski definition) is 5. The normalized spacial score (nSPS) is 17.9. The van der Waals surface area contributed by atoms with Crippen LogP contribution in [0.3, 0.4) is 0 Å². The molecule has 1 atom stereocenters. The molecule has 2 heterocycles. The van der Waals surface area contributed by atoms with Crippen molar-refractivity contribution in [1.82, 2.24) is 10.2 Å². The summed E-state index contributed by atoms with van der Waals surface area (Å²) in [6.07, 6.45) is 1.38. The lowest BCUT2D eigenvalue weighted by atomic mass is 10.2. The molecule has 1 aliphatic rings. The number of carbonyl (C=O) groups is 3. The van der Waals surface area contributed by atoms with E-state index < -0.39 is 12.0 Å². The van der Waals surface area contributed by atoms with Gasteiger partial charge < -0.3 is 15.0 Å². The van der Waals surface area contributed by atoms with Crippen molar-refractivity contribution in [2.24, 2.45) is 0 Å². The summed E-state index contributed by atoms with van der Waals surface area (Å²) in [7, 11) is 1.31. The molecule has 1 N–H and O–H groups in total. The molecule has 0 saturated carbocycles. The van der Waals surface area contributed by atoms with Gasteiger partial charge in [0.2, 0.25) is 5.91 Å². The van der Waals surface area contributed by atoms with Crippen molar-refractivity contribution in [2.45, 2.75) is 18.9 Å². The summed E-state index contributed by atoms with van der Waals surface area (Å²) in [4.78, 5) is 37.4. The van der Waals surface area contributed by atoms with E-state index in [1.807, 2.05) is 0 Å². The fraction of sp³-hybridized carbons (Fsp3) is 0.462. The largest absolute Gasteiger partial charge is 0.467 e. The van der Waals surface area contributed by atoms with Gasteiger partial charge in [-0.1, -0.05) is 6.07 Å². The molecule has 7 heteroatoms. The van der Waals surface area contributed by atoms with E-state index in [1.54, 1.807) is 17.5 Å². The Balaban J connectivity index is 1.88. The topological polar surface area (TPSA) is 75.7 Å². The van der Waals surface area contributed by atoms with E-state index >= 15 is 0 Å². The number of thiophene rings is 1. The van der Waals surface area contributed by atoms with E-state index in [4.69, 9.17) is 0 Å². The maximum absolute atomic E-state index is 12.1. The first-order valence-corrected chi connectivity index (χ1v) is 7.20. The minimum Gasteiger partial charge on any atom is -0.467 e. The zero-order chi connectivity index (χ0) is 14.5. The predicted molar refractivity (Wildman–Crippen MR) is 73.4 cm³/mol. The van der Waals surface area contributed by atoms with Gasteiger partial charge in [-0.3, -0.25) is 9.59 Å². The smallest absolute Gasteiger partial charge is 0.328 e. The van der Waals surface area contributed by atoms with Gasteiger partial charge in [0.05, 0.1) is 18.5 Å². The van der Waals surface area contributed by atoms with E-state index in [-0.39, 0.29) is 18.4 Å². The van der Waals surface area contributed by atoms with Crippen molar-refractivity contribution in [3.05, 3.63) is 22.4 Å². The number of carbonyl (C=O) groups excluding carboxylic acids is 3. The lowest BCUT2D eigenvalue weighted by molar-refractivity contribution is -0.150. The maximum Gasteiger partial charge on any atom is 0.328 e. The molecule has 0 bridgehead atoms. The van der Waals surface area contributed by atoms with Gasteiger partial charge in [-0.25, -0.2) is 4.79 Å². The van der Waals surface area contributed by atoms with E-state index in [9.17, 15) is 14.4 Å². The molecule has 2 amide bonds. The second-order valence-electron chi connectivity index (χ2n) is 4.43. The van der Waals surface area contributed by atoms with Crippen LogP contribution in [0, 0.1) is 0 Å². The van der Waals surface area contributed by atoms with Gasteiger partial charge in [0.1, 0.15) is 6.04 Å². The second kappa shape index (κ2) is 6.51. The number of likely N-dealkylation sites (tertiary alicyclic amines) is 1. The Labute approximate surface area is 120 Å². The van der Waals surface area contributed by atoms with Crippen LogP contribution >= 0.6 is 11.3 Å². The number of hydrogen-bond donors (Lipinski definition) is 1. The third-order valence-corrected chi connectivity index (χ3v) is 4.06. The molecule has 0 unspecified atom stereocenters. The third kappa shape index (κ3) is 3.16. The fourth-order valence-corrected chi connectivity index (χ4v) is 2.84. The Morgan fingerprint density at radius 2 is 2.30 bits per heavy atom. The van der Waals surface area contributed by atoms with E-state index in [2.05, 4.69) is 10.1 Å². The summed E-state index contributed by atoms with van der Waals surface area (Å²) in [5.74, 6) is -0.939. The highest BCUT2D eigenvalue weighted by Gasteiger charge is 2.34. The van der Waals surface area contributed by atoms with Gasteiger partial charge in [-0.15, -0.1) is 11.3 Å². The van der Waals surface area contributed by atoms with Crippen molar-refractivity contribution in [3.63, 3.8) is 0 Å². The molecule has 2 rings (SSSR count). The first kappa shape index (κ1) is 14.5. The van der Waals surface area contributed by atoms with Crippen LogP contribution in [0.2, 0.25) is 0 Å². The quantitative estimate of drug-likeness (QED) is 0.827. The zero-order valence-electron chi connectivity index (χ0n) is 11.1. The van der Waals surface area contributed by atoms with Crippen molar-refractivity contribution in [3.8, 4) is 0 Å². The lowest BCUT2D eigenvalue weighted by Gasteiger charge is -2.22. The molecule has 0 radical (unpaired) electrons. The number of esters is 1. The van der Waals surface area contributed by atoms with Gasteiger partial charge in [0.15, 0.2) is 0 Å². The van der Waals surface area contributed by atoms with Crippen LogP contribution in [0.15, 0.2) is 17.5 Å². The highest BCUT2D eigenvalue weighted by molar-refractivity contribution is 7.12. The first-order chi connectivity index (χ1) is 9.63. The van der Waals surface area contributed by atoms with Crippen molar-refractivity contribution in [1.29, 1.82) is 0 Å². The minimum absolute atomic E-state index is 0.107. The molecule has 20 heavy (non-hydrogen) atoms. The van der Waals surface area contributed by atoms with E-state index in [0.717, 1.165) is 6.42 Å².